The average Bonchev–Trinajstić information content (AvgIpc) is 2.91. The molecule has 0 bridgehead atoms. The van der Waals surface area contributed by atoms with Gasteiger partial charge in [0.1, 0.15) is 0 Å². The van der Waals surface area contributed by atoms with Crippen molar-refractivity contribution in [3.8, 4) is 0 Å². The number of rotatable bonds is 2. The summed E-state index contributed by atoms with van der Waals surface area (Å²) in [4.78, 5) is 0. The fraction of sp³-hybridized carbons (Fsp3) is 0.895. The molecule has 2 aliphatic rings. The number of hydrogen-bond acceptors (Lipinski definition) is 0. The fourth-order valence-corrected chi connectivity index (χ4v) is 11.4. The first-order chi connectivity index (χ1) is 9.68. The van der Waals surface area contributed by atoms with Crippen LogP contribution in [0.25, 0.3) is 0 Å². The molecule has 138 valence electrons. The molecule has 23 heavy (non-hydrogen) atoms. The summed E-state index contributed by atoms with van der Waals surface area (Å²) < 4.78 is 0. The van der Waals surface area contributed by atoms with Crippen LogP contribution >= 0.6 is 17.0 Å². The Bertz CT molecular complexity index is 310. The van der Waals surface area contributed by atoms with Crippen molar-refractivity contribution >= 4 is 25.1 Å². The maximum absolute atomic E-state index is 4.93. The van der Waals surface area contributed by atoms with E-state index in [-0.39, 0.29) is 14.9 Å². The minimum atomic E-state index is -1.09. The normalized spacial score (nSPS) is 39.4. The van der Waals surface area contributed by atoms with Crippen molar-refractivity contribution in [3.63, 3.8) is 0 Å². The molecule has 0 aliphatic heterocycles. The zero-order valence-electron chi connectivity index (χ0n) is 16.9. The molecule has 0 aromatic carbocycles. The van der Waals surface area contributed by atoms with E-state index in [1.165, 1.54) is 12.8 Å². The third-order valence-corrected chi connectivity index (χ3v) is 12.6. The molecular weight excluding hydrogens is 418 g/mol. The summed E-state index contributed by atoms with van der Waals surface area (Å²) in [5, 5.41) is 0. The van der Waals surface area contributed by atoms with Crippen LogP contribution in [-0.2, 0) is 20.8 Å². The van der Waals surface area contributed by atoms with E-state index in [2.05, 4.69) is 47.7 Å². The Morgan fingerprint density at radius 1 is 0.783 bits per heavy atom. The summed E-state index contributed by atoms with van der Waals surface area (Å²) in [6.45, 7) is 18.0. The molecule has 0 radical (unpaired) electrons. The van der Waals surface area contributed by atoms with Crippen LogP contribution in [0, 0.1) is 44.4 Å². The van der Waals surface area contributed by atoms with Gasteiger partial charge in [0.05, 0.1) is 8.07 Å². The van der Waals surface area contributed by atoms with E-state index in [0.717, 1.165) is 40.7 Å². The van der Waals surface area contributed by atoms with Gasteiger partial charge in [0.2, 0.25) is 0 Å². The molecule has 0 N–H and O–H groups in total. The fourth-order valence-electron chi connectivity index (χ4n) is 5.60. The molecule has 2 rings (SSSR count). The zero-order valence-corrected chi connectivity index (χ0v) is 21.9. The summed E-state index contributed by atoms with van der Waals surface area (Å²) in [6, 6.07) is 0. The molecule has 0 spiro atoms. The van der Waals surface area contributed by atoms with Crippen LogP contribution in [0.3, 0.4) is 0 Å². The van der Waals surface area contributed by atoms with Crippen LogP contribution in [0.2, 0.25) is 24.2 Å². The molecule has 6 unspecified atom stereocenters. The predicted octanol–water partition coefficient (Wildman–Crippen LogP) is 8.09. The van der Waals surface area contributed by atoms with Crippen molar-refractivity contribution in [2.45, 2.75) is 78.1 Å². The van der Waals surface area contributed by atoms with Crippen LogP contribution in [0.4, 0.5) is 0 Å². The monoisotopic (exact) mass is 456 g/mol. The van der Waals surface area contributed by atoms with E-state index in [0.29, 0.717) is 0 Å². The van der Waals surface area contributed by atoms with E-state index in [9.17, 15) is 0 Å². The number of hydrogen-bond donors (Lipinski definition) is 0. The Morgan fingerprint density at radius 3 is 1.48 bits per heavy atom. The Kier molecular flexibility index (Phi) is 13.3. The summed E-state index contributed by atoms with van der Waals surface area (Å²) in [5.74, 6) is 4.81. The predicted molar refractivity (Wildman–Crippen MR) is 109 cm³/mol. The van der Waals surface area contributed by atoms with Gasteiger partial charge in [-0.05, 0) is 40.7 Å². The summed E-state index contributed by atoms with van der Waals surface area (Å²) in [5.41, 5.74) is 2.18. The standard InChI is InChI=1S/C17H34Si.2CH3.2ClH.Zr/c1-11-8-9-16(10-11)18(6,7)17-14(4)12(2)13(3)15(17)5;;;;;/h11-17H,8-10H2,1-7H3;2*1H3;2*1H;/q;2*-1;;;+4/p-2. The minimum absolute atomic E-state index is 0. The summed E-state index contributed by atoms with van der Waals surface area (Å²) in [6.07, 6.45) is 4.58. The molecule has 0 saturated heterocycles. The first kappa shape index (κ1) is 26.9. The van der Waals surface area contributed by atoms with Crippen LogP contribution in [-0.4, -0.2) is 8.07 Å². The molecule has 4 heteroatoms. The van der Waals surface area contributed by atoms with E-state index in [1.807, 2.05) is 0 Å². The molecular formula is C19H40Cl2SiZr. The van der Waals surface area contributed by atoms with Crippen LogP contribution in [0.1, 0.15) is 53.9 Å². The van der Waals surface area contributed by atoms with E-state index < -0.39 is 28.9 Å². The van der Waals surface area contributed by atoms with Gasteiger partial charge in [-0.1, -0.05) is 67.0 Å². The van der Waals surface area contributed by atoms with Gasteiger partial charge in [0.25, 0.3) is 0 Å². The second-order valence-corrected chi connectivity index (χ2v) is 17.3. The second-order valence-electron chi connectivity index (χ2n) is 8.47. The molecule has 2 aliphatic carbocycles. The van der Waals surface area contributed by atoms with Gasteiger partial charge in [-0.3, -0.25) is 0 Å². The van der Waals surface area contributed by atoms with Crippen molar-refractivity contribution < 1.29 is 20.8 Å². The Hall–Kier alpha value is 1.68. The topological polar surface area (TPSA) is 0 Å². The van der Waals surface area contributed by atoms with Crippen LogP contribution < -0.4 is 0 Å². The Balaban J connectivity index is 0. The van der Waals surface area contributed by atoms with E-state index in [4.69, 9.17) is 17.0 Å². The Morgan fingerprint density at radius 2 is 1.17 bits per heavy atom. The van der Waals surface area contributed by atoms with Crippen molar-refractivity contribution in [1.82, 2.24) is 0 Å². The molecule has 0 nitrogen and oxygen atoms in total. The quantitative estimate of drug-likeness (QED) is 0.290. The van der Waals surface area contributed by atoms with Gasteiger partial charge in [0, 0.05) is 0 Å². The molecule has 0 heterocycles. The molecule has 6 atom stereocenters. The van der Waals surface area contributed by atoms with E-state index in [1.54, 1.807) is 6.42 Å². The van der Waals surface area contributed by atoms with Gasteiger partial charge in [-0.2, -0.15) is 0 Å². The summed E-state index contributed by atoms with van der Waals surface area (Å²) in [7, 11) is 8.78. The molecule has 2 fully saturated rings. The maximum atomic E-state index is 4.93. The van der Waals surface area contributed by atoms with Gasteiger partial charge in [-0.15, -0.1) is 0 Å². The second kappa shape index (κ2) is 11.4. The van der Waals surface area contributed by atoms with Crippen molar-refractivity contribution in [3.05, 3.63) is 14.9 Å². The van der Waals surface area contributed by atoms with Gasteiger partial charge in [-0.25, -0.2) is 0 Å². The first-order valence-corrected chi connectivity index (χ1v) is 18.1. The van der Waals surface area contributed by atoms with Crippen molar-refractivity contribution in [1.29, 1.82) is 0 Å². The van der Waals surface area contributed by atoms with Gasteiger partial charge < -0.3 is 14.9 Å². The average molecular weight is 459 g/mol. The molecule has 0 aromatic heterocycles. The third kappa shape index (κ3) is 6.11. The van der Waals surface area contributed by atoms with Crippen LogP contribution in [0.15, 0.2) is 0 Å². The number of halogens is 2. The molecule has 0 amide bonds. The van der Waals surface area contributed by atoms with Gasteiger partial charge >= 0.3 is 37.9 Å². The molecule has 2 saturated carbocycles. The van der Waals surface area contributed by atoms with Crippen molar-refractivity contribution in [2.75, 3.05) is 0 Å². The third-order valence-electron chi connectivity index (χ3n) is 7.23. The van der Waals surface area contributed by atoms with E-state index >= 15 is 0 Å². The SMILES string of the molecule is CC1CCC([Si](C)(C)C2C(C)C(C)C(C)C2C)C1.[CH3-].[CH3-].[Cl][Zr+2][Cl]. The molecule has 0 aromatic rings. The first-order valence-electron chi connectivity index (χ1n) is 8.64. The van der Waals surface area contributed by atoms with Gasteiger partial charge in [0.15, 0.2) is 0 Å². The Labute approximate surface area is 167 Å². The van der Waals surface area contributed by atoms with Crippen LogP contribution in [0.5, 0.6) is 0 Å². The zero-order chi connectivity index (χ0) is 16.4. The summed E-state index contributed by atoms with van der Waals surface area (Å²) >= 11 is -0.826. The van der Waals surface area contributed by atoms with Crippen molar-refractivity contribution in [2.24, 2.45) is 29.6 Å².